The fraction of sp³-hybridized carbons (Fsp3) is 0.211. The Balaban J connectivity index is 1.58. The molecule has 0 fully saturated rings. The predicted molar refractivity (Wildman–Crippen MR) is 103 cm³/mol. The molecule has 0 saturated carbocycles. The molecule has 8 heteroatoms. The van der Waals surface area contributed by atoms with E-state index in [9.17, 15) is 9.59 Å². The Hall–Kier alpha value is -3.13. The molecular weight excluding hydrogens is 364 g/mol. The molecular formula is C19H20N4O3S. The van der Waals surface area contributed by atoms with Crippen molar-refractivity contribution >= 4 is 23.2 Å². The highest BCUT2D eigenvalue weighted by Crippen LogP contribution is 2.22. The van der Waals surface area contributed by atoms with E-state index in [1.165, 1.54) is 11.3 Å². The number of benzene rings is 1. The summed E-state index contributed by atoms with van der Waals surface area (Å²) in [6, 6.07) is 9.16. The summed E-state index contributed by atoms with van der Waals surface area (Å²) < 4.78 is 7.31. The lowest BCUT2D eigenvalue weighted by atomic mass is 10.2. The molecule has 3 aromatic rings. The number of nitrogens with zero attached hydrogens (tertiary/aromatic N) is 2. The number of thiazole rings is 1. The fourth-order valence-corrected chi connectivity index (χ4v) is 3.45. The molecule has 0 spiro atoms. The van der Waals surface area contributed by atoms with E-state index in [0.29, 0.717) is 11.3 Å². The molecule has 7 nitrogen and oxygen atoms in total. The van der Waals surface area contributed by atoms with E-state index in [1.807, 2.05) is 48.9 Å². The number of aromatic nitrogens is 2. The number of carbonyl (C=O) groups is 2. The van der Waals surface area contributed by atoms with Crippen LogP contribution >= 0.6 is 11.3 Å². The van der Waals surface area contributed by atoms with Gasteiger partial charge >= 0.3 is 0 Å². The molecule has 2 aromatic heterocycles. The van der Waals surface area contributed by atoms with Crippen LogP contribution in [0, 0.1) is 20.8 Å². The molecule has 2 heterocycles. The Morgan fingerprint density at radius 3 is 2.70 bits per heavy atom. The summed E-state index contributed by atoms with van der Waals surface area (Å²) in [6.07, 6.45) is 1.72. The van der Waals surface area contributed by atoms with Gasteiger partial charge in [-0.3, -0.25) is 25.0 Å². The molecule has 0 radical (unpaired) electrons. The Kier molecular flexibility index (Phi) is 5.56. The molecule has 0 aliphatic rings. The van der Waals surface area contributed by atoms with Crippen molar-refractivity contribution in [1.29, 1.82) is 0 Å². The van der Waals surface area contributed by atoms with Crippen LogP contribution in [0.2, 0.25) is 0 Å². The first-order valence-corrected chi connectivity index (χ1v) is 9.21. The minimum absolute atomic E-state index is 0.193. The zero-order chi connectivity index (χ0) is 19.4. The summed E-state index contributed by atoms with van der Waals surface area (Å²) in [5.74, 6) is -0.239. The van der Waals surface area contributed by atoms with E-state index in [-0.39, 0.29) is 6.61 Å². The topological polar surface area (TPSA) is 85.3 Å². The number of hydrogen-bond donors (Lipinski definition) is 2. The molecule has 0 aliphatic heterocycles. The van der Waals surface area contributed by atoms with Crippen molar-refractivity contribution < 1.29 is 14.3 Å². The highest BCUT2D eigenvalue weighted by molar-refractivity contribution is 7.12. The van der Waals surface area contributed by atoms with Crippen LogP contribution < -0.4 is 15.6 Å². The number of rotatable bonds is 5. The third-order valence-corrected chi connectivity index (χ3v) is 4.72. The highest BCUT2D eigenvalue weighted by atomic mass is 32.1. The van der Waals surface area contributed by atoms with Crippen LogP contribution in [0.1, 0.15) is 27.3 Å². The summed E-state index contributed by atoms with van der Waals surface area (Å²) >= 11 is 1.49. The molecule has 1 aromatic carbocycles. The summed E-state index contributed by atoms with van der Waals surface area (Å²) in [4.78, 5) is 28.6. The molecule has 27 heavy (non-hydrogen) atoms. The van der Waals surface area contributed by atoms with Crippen molar-refractivity contribution in [1.82, 2.24) is 20.4 Å². The Morgan fingerprint density at radius 1 is 1.19 bits per heavy atom. The second-order valence-electron chi connectivity index (χ2n) is 6.04. The number of amides is 2. The molecule has 140 valence electrons. The maximum absolute atomic E-state index is 12.4. The smallest absolute Gasteiger partial charge is 0.276 e. The van der Waals surface area contributed by atoms with Gasteiger partial charge in [-0.25, -0.2) is 4.98 Å². The predicted octanol–water partition coefficient (Wildman–Crippen LogP) is 2.70. The summed E-state index contributed by atoms with van der Waals surface area (Å²) in [5, 5.41) is 2.67. The second kappa shape index (κ2) is 8.05. The normalized spacial score (nSPS) is 10.5. The van der Waals surface area contributed by atoms with Gasteiger partial charge in [0.1, 0.15) is 5.75 Å². The number of ether oxygens (including phenoxy) is 1. The van der Waals surface area contributed by atoms with Crippen molar-refractivity contribution in [2.45, 2.75) is 20.8 Å². The minimum atomic E-state index is -0.446. The lowest BCUT2D eigenvalue weighted by Gasteiger charge is -2.09. The van der Waals surface area contributed by atoms with E-state index in [1.54, 1.807) is 18.3 Å². The molecule has 0 aliphatic carbocycles. The van der Waals surface area contributed by atoms with Gasteiger partial charge in [0.05, 0.1) is 5.56 Å². The van der Waals surface area contributed by atoms with Gasteiger partial charge in [-0.15, -0.1) is 11.3 Å². The van der Waals surface area contributed by atoms with Crippen molar-refractivity contribution in [2.24, 2.45) is 0 Å². The van der Waals surface area contributed by atoms with Gasteiger partial charge in [0.25, 0.3) is 11.8 Å². The molecule has 3 rings (SSSR count). The highest BCUT2D eigenvalue weighted by Gasteiger charge is 2.18. The van der Waals surface area contributed by atoms with Gasteiger partial charge in [0.15, 0.2) is 11.7 Å². The maximum Gasteiger partial charge on any atom is 0.276 e. The molecule has 0 saturated heterocycles. The SMILES string of the molecule is Cc1cccc(OCC(=O)NNC(=O)c2cc(C)n(-c3nccs3)c2C)c1. The number of hydrogen-bond acceptors (Lipinski definition) is 5. The number of aryl methyl sites for hydroxylation is 2. The van der Waals surface area contributed by atoms with Crippen molar-refractivity contribution in [3.05, 3.63) is 64.4 Å². The molecule has 0 atom stereocenters. The molecule has 2 amide bonds. The minimum Gasteiger partial charge on any atom is -0.484 e. The van der Waals surface area contributed by atoms with E-state index >= 15 is 0 Å². The van der Waals surface area contributed by atoms with Crippen LogP contribution in [0.5, 0.6) is 5.75 Å². The first-order chi connectivity index (χ1) is 13.0. The summed E-state index contributed by atoms with van der Waals surface area (Å²) in [6.45, 7) is 5.49. The Morgan fingerprint density at radius 2 is 2.00 bits per heavy atom. The van der Waals surface area contributed by atoms with E-state index in [2.05, 4.69) is 15.8 Å². The monoisotopic (exact) mass is 384 g/mol. The first-order valence-electron chi connectivity index (χ1n) is 8.33. The standard InChI is InChI=1S/C19H20N4O3S/c1-12-5-4-6-15(9-12)26-11-17(24)21-22-18(25)16-10-13(2)23(14(16)3)19-20-7-8-27-19/h4-10H,11H2,1-3H3,(H,21,24)(H,22,25). The maximum atomic E-state index is 12.4. The number of hydrazine groups is 1. The number of carbonyl (C=O) groups excluding carboxylic acids is 2. The zero-order valence-corrected chi connectivity index (χ0v) is 16.1. The van der Waals surface area contributed by atoms with Crippen LogP contribution in [0.4, 0.5) is 0 Å². The van der Waals surface area contributed by atoms with Gasteiger partial charge in [-0.05, 0) is 44.5 Å². The average molecular weight is 384 g/mol. The quantitative estimate of drug-likeness (QED) is 0.663. The van der Waals surface area contributed by atoms with Crippen molar-refractivity contribution in [3.8, 4) is 10.9 Å². The third kappa shape index (κ3) is 4.35. The zero-order valence-electron chi connectivity index (χ0n) is 15.3. The lowest BCUT2D eigenvalue weighted by molar-refractivity contribution is -0.123. The largest absolute Gasteiger partial charge is 0.484 e. The van der Waals surface area contributed by atoms with Crippen LogP contribution in [0.15, 0.2) is 41.9 Å². The van der Waals surface area contributed by atoms with Crippen LogP contribution in [-0.2, 0) is 4.79 Å². The van der Waals surface area contributed by atoms with Crippen molar-refractivity contribution in [2.75, 3.05) is 6.61 Å². The first kappa shape index (κ1) is 18.7. The molecule has 2 N–H and O–H groups in total. The van der Waals surface area contributed by atoms with Crippen molar-refractivity contribution in [3.63, 3.8) is 0 Å². The lowest BCUT2D eigenvalue weighted by Crippen LogP contribution is -2.44. The van der Waals surface area contributed by atoms with E-state index in [4.69, 9.17) is 4.74 Å². The van der Waals surface area contributed by atoms with E-state index in [0.717, 1.165) is 22.1 Å². The Labute approximate surface area is 161 Å². The van der Waals surface area contributed by atoms with Crippen LogP contribution in [-0.4, -0.2) is 28.0 Å². The van der Waals surface area contributed by atoms with Crippen LogP contribution in [0.25, 0.3) is 5.13 Å². The van der Waals surface area contributed by atoms with Gasteiger partial charge in [-0.2, -0.15) is 0 Å². The second-order valence-corrected chi connectivity index (χ2v) is 6.92. The van der Waals surface area contributed by atoms with Gasteiger partial charge < -0.3 is 4.74 Å². The number of nitrogens with one attached hydrogen (secondary N) is 2. The molecule has 0 bridgehead atoms. The van der Waals surface area contributed by atoms with Gasteiger partial charge in [-0.1, -0.05) is 12.1 Å². The summed E-state index contributed by atoms with van der Waals surface area (Å²) in [5.41, 5.74) is 7.95. The fourth-order valence-electron chi connectivity index (χ4n) is 2.70. The summed E-state index contributed by atoms with van der Waals surface area (Å²) in [7, 11) is 0. The van der Waals surface area contributed by atoms with Crippen LogP contribution in [0.3, 0.4) is 0 Å². The average Bonchev–Trinajstić information content (AvgIpc) is 3.25. The molecule has 0 unspecified atom stereocenters. The third-order valence-electron chi connectivity index (χ3n) is 3.96. The van der Waals surface area contributed by atoms with E-state index < -0.39 is 11.8 Å². The Bertz CT molecular complexity index is 964. The van der Waals surface area contributed by atoms with Gasteiger partial charge in [0.2, 0.25) is 0 Å². The van der Waals surface area contributed by atoms with Gasteiger partial charge in [0, 0.05) is 23.0 Å².